The predicted octanol–water partition coefficient (Wildman–Crippen LogP) is 3.92. The van der Waals surface area contributed by atoms with Crippen molar-refractivity contribution in [3.63, 3.8) is 0 Å². The molecule has 2 aromatic rings. The van der Waals surface area contributed by atoms with Crippen molar-refractivity contribution in [1.82, 2.24) is 10.2 Å². The Hall–Kier alpha value is -2.23. The van der Waals surface area contributed by atoms with Crippen LogP contribution in [0, 0.1) is 0 Å². The number of furan rings is 1. The summed E-state index contributed by atoms with van der Waals surface area (Å²) in [5, 5.41) is 2.83. The number of amides is 2. The van der Waals surface area contributed by atoms with Crippen LogP contribution in [-0.2, 0) is 18.5 Å². The molecule has 0 radical (unpaired) electrons. The van der Waals surface area contributed by atoms with Gasteiger partial charge in [0.25, 0.3) is 0 Å². The Morgan fingerprint density at radius 3 is 2.41 bits per heavy atom. The molecule has 22 heavy (non-hydrogen) atoms. The molecule has 4 heteroatoms. The van der Waals surface area contributed by atoms with Crippen LogP contribution in [0.2, 0.25) is 0 Å². The topological polar surface area (TPSA) is 45.5 Å². The monoisotopic (exact) mass is 300 g/mol. The van der Waals surface area contributed by atoms with Gasteiger partial charge >= 0.3 is 6.03 Å². The Morgan fingerprint density at radius 1 is 1.18 bits per heavy atom. The molecule has 1 aromatic heterocycles. The zero-order chi connectivity index (χ0) is 16.2. The number of urea groups is 1. The van der Waals surface area contributed by atoms with Crippen molar-refractivity contribution >= 4 is 6.03 Å². The molecule has 1 N–H and O–H groups in total. The fourth-order valence-corrected chi connectivity index (χ4v) is 2.17. The Balaban J connectivity index is 1.88. The molecule has 1 heterocycles. The third-order valence-corrected chi connectivity index (χ3v) is 3.58. The summed E-state index contributed by atoms with van der Waals surface area (Å²) in [6.45, 7) is 7.55. The normalized spacial score (nSPS) is 11.3. The van der Waals surface area contributed by atoms with E-state index in [2.05, 4.69) is 50.4 Å². The molecule has 0 bridgehead atoms. The van der Waals surface area contributed by atoms with Gasteiger partial charge in [0.05, 0.1) is 12.8 Å². The molecule has 0 aliphatic rings. The second-order valence-corrected chi connectivity index (χ2v) is 6.54. The number of hydrogen-bond donors (Lipinski definition) is 1. The van der Waals surface area contributed by atoms with E-state index in [4.69, 9.17) is 4.42 Å². The van der Waals surface area contributed by atoms with Gasteiger partial charge in [0.1, 0.15) is 5.76 Å². The molecule has 2 amide bonds. The highest BCUT2D eigenvalue weighted by Gasteiger charge is 2.14. The summed E-state index contributed by atoms with van der Waals surface area (Å²) in [4.78, 5) is 13.7. The number of benzene rings is 1. The van der Waals surface area contributed by atoms with Crippen LogP contribution in [0.3, 0.4) is 0 Å². The summed E-state index contributed by atoms with van der Waals surface area (Å²) in [6, 6.07) is 12.0. The van der Waals surface area contributed by atoms with Crippen LogP contribution >= 0.6 is 0 Å². The average Bonchev–Trinajstić information content (AvgIpc) is 2.97. The minimum Gasteiger partial charge on any atom is -0.467 e. The molecular formula is C18H24N2O2. The highest BCUT2D eigenvalue weighted by molar-refractivity contribution is 5.73. The first-order valence-corrected chi connectivity index (χ1v) is 7.47. The van der Waals surface area contributed by atoms with Crippen molar-refractivity contribution in [1.29, 1.82) is 0 Å². The molecule has 118 valence electrons. The third kappa shape index (κ3) is 4.38. The standard InChI is InChI=1S/C18H24N2O2/c1-18(2,3)15-9-7-14(8-10-15)13-20(4)17(21)19-12-16-6-5-11-22-16/h5-11H,12-13H2,1-4H3,(H,19,21). The molecule has 0 unspecified atom stereocenters. The molecule has 2 rings (SSSR count). The maximum Gasteiger partial charge on any atom is 0.317 e. The van der Waals surface area contributed by atoms with Gasteiger partial charge < -0.3 is 14.6 Å². The predicted molar refractivity (Wildman–Crippen MR) is 87.6 cm³/mol. The second-order valence-electron chi connectivity index (χ2n) is 6.54. The zero-order valence-electron chi connectivity index (χ0n) is 13.7. The Bertz CT molecular complexity index is 595. The maximum absolute atomic E-state index is 12.0. The van der Waals surface area contributed by atoms with Gasteiger partial charge in [0.15, 0.2) is 0 Å². The largest absolute Gasteiger partial charge is 0.467 e. The van der Waals surface area contributed by atoms with Gasteiger partial charge in [0.2, 0.25) is 0 Å². The zero-order valence-corrected chi connectivity index (χ0v) is 13.7. The van der Waals surface area contributed by atoms with E-state index < -0.39 is 0 Å². The van der Waals surface area contributed by atoms with E-state index in [0.717, 1.165) is 11.3 Å². The van der Waals surface area contributed by atoms with Crippen molar-refractivity contribution in [2.24, 2.45) is 0 Å². The minimum absolute atomic E-state index is 0.115. The fourth-order valence-electron chi connectivity index (χ4n) is 2.17. The first-order valence-electron chi connectivity index (χ1n) is 7.47. The Morgan fingerprint density at radius 2 is 1.86 bits per heavy atom. The van der Waals surface area contributed by atoms with Crippen LogP contribution in [0.5, 0.6) is 0 Å². The Labute approximate surface area is 132 Å². The maximum atomic E-state index is 12.0. The van der Waals surface area contributed by atoms with E-state index in [-0.39, 0.29) is 11.4 Å². The summed E-state index contributed by atoms with van der Waals surface area (Å²) in [5.41, 5.74) is 2.55. The molecule has 1 aromatic carbocycles. The highest BCUT2D eigenvalue weighted by atomic mass is 16.3. The molecule has 0 atom stereocenters. The van der Waals surface area contributed by atoms with Crippen molar-refractivity contribution in [3.05, 3.63) is 59.5 Å². The van der Waals surface area contributed by atoms with Gasteiger partial charge in [-0.1, -0.05) is 45.0 Å². The molecule has 0 saturated carbocycles. The number of nitrogens with one attached hydrogen (secondary N) is 1. The number of hydrogen-bond acceptors (Lipinski definition) is 2. The minimum atomic E-state index is -0.115. The van der Waals surface area contributed by atoms with Gasteiger partial charge in [0, 0.05) is 13.6 Å². The summed E-state index contributed by atoms with van der Waals surface area (Å²) in [7, 11) is 1.79. The van der Waals surface area contributed by atoms with E-state index in [0.29, 0.717) is 13.1 Å². The summed E-state index contributed by atoms with van der Waals surface area (Å²) >= 11 is 0. The lowest BCUT2D eigenvalue weighted by atomic mass is 9.87. The van der Waals surface area contributed by atoms with Crippen molar-refractivity contribution < 1.29 is 9.21 Å². The first kappa shape index (κ1) is 16.1. The molecular weight excluding hydrogens is 276 g/mol. The van der Waals surface area contributed by atoms with Gasteiger partial charge in [-0.05, 0) is 28.7 Å². The van der Waals surface area contributed by atoms with Crippen LogP contribution in [0.15, 0.2) is 47.1 Å². The van der Waals surface area contributed by atoms with Crippen LogP contribution < -0.4 is 5.32 Å². The van der Waals surface area contributed by atoms with E-state index >= 15 is 0 Å². The summed E-state index contributed by atoms with van der Waals surface area (Å²) in [5.74, 6) is 0.747. The van der Waals surface area contributed by atoms with Crippen LogP contribution in [0.25, 0.3) is 0 Å². The van der Waals surface area contributed by atoms with E-state index in [1.54, 1.807) is 18.2 Å². The van der Waals surface area contributed by atoms with E-state index in [9.17, 15) is 4.79 Å². The van der Waals surface area contributed by atoms with Crippen molar-refractivity contribution in [3.8, 4) is 0 Å². The van der Waals surface area contributed by atoms with Crippen molar-refractivity contribution in [2.45, 2.75) is 39.3 Å². The van der Waals surface area contributed by atoms with Gasteiger partial charge in [-0.15, -0.1) is 0 Å². The number of carbonyl (C=O) groups excluding carboxylic acids is 1. The lowest BCUT2D eigenvalue weighted by Gasteiger charge is -2.21. The third-order valence-electron chi connectivity index (χ3n) is 3.58. The number of nitrogens with zero attached hydrogens (tertiary/aromatic N) is 1. The summed E-state index contributed by atoms with van der Waals surface area (Å²) in [6.07, 6.45) is 1.60. The molecule has 0 spiro atoms. The fraction of sp³-hybridized carbons (Fsp3) is 0.389. The molecule has 4 nitrogen and oxygen atoms in total. The SMILES string of the molecule is CN(Cc1ccc(C(C)(C)C)cc1)C(=O)NCc1ccco1. The number of rotatable bonds is 4. The van der Waals surface area contributed by atoms with Crippen LogP contribution in [-0.4, -0.2) is 18.0 Å². The Kier molecular flexibility index (Phi) is 4.91. The number of carbonyl (C=O) groups is 1. The lowest BCUT2D eigenvalue weighted by molar-refractivity contribution is 0.205. The molecule has 0 saturated heterocycles. The van der Waals surface area contributed by atoms with Crippen LogP contribution in [0.1, 0.15) is 37.7 Å². The molecule has 0 aliphatic heterocycles. The molecule has 0 aliphatic carbocycles. The van der Waals surface area contributed by atoms with E-state index in [1.165, 1.54) is 5.56 Å². The smallest absolute Gasteiger partial charge is 0.317 e. The van der Waals surface area contributed by atoms with Gasteiger partial charge in [-0.25, -0.2) is 4.79 Å². The van der Waals surface area contributed by atoms with Crippen LogP contribution in [0.4, 0.5) is 4.79 Å². The van der Waals surface area contributed by atoms with Gasteiger partial charge in [-0.3, -0.25) is 0 Å². The quantitative estimate of drug-likeness (QED) is 0.930. The average molecular weight is 300 g/mol. The lowest BCUT2D eigenvalue weighted by Crippen LogP contribution is -2.36. The second kappa shape index (κ2) is 6.69. The van der Waals surface area contributed by atoms with E-state index in [1.807, 2.05) is 12.1 Å². The molecule has 0 fully saturated rings. The summed E-state index contributed by atoms with van der Waals surface area (Å²) < 4.78 is 5.19. The highest BCUT2D eigenvalue weighted by Crippen LogP contribution is 2.22. The van der Waals surface area contributed by atoms with Gasteiger partial charge in [-0.2, -0.15) is 0 Å². The van der Waals surface area contributed by atoms with Crippen molar-refractivity contribution in [2.75, 3.05) is 7.05 Å². The first-order chi connectivity index (χ1) is 10.4.